The maximum atomic E-state index is 9.47. The minimum absolute atomic E-state index is 0. The van der Waals surface area contributed by atoms with E-state index >= 15 is 0 Å². The van der Waals surface area contributed by atoms with Crippen LogP contribution < -0.4 is 0 Å². The van der Waals surface area contributed by atoms with Gasteiger partial charge in [-0.15, -0.1) is 0 Å². The van der Waals surface area contributed by atoms with Crippen molar-refractivity contribution in [3.05, 3.63) is 29.8 Å². The average Bonchev–Trinajstić information content (AvgIpc) is 2.15. The number of hydrogen-bond donors (Lipinski definition) is 1. The van der Waals surface area contributed by atoms with Crippen LogP contribution in [-0.4, -0.2) is 28.2 Å². The Kier molecular flexibility index (Phi) is 8.00. The molecule has 1 nitrogen and oxygen atoms in total. The Morgan fingerprint density at radius 1 is 1.14 bits per heavy atom. The Hall–Kier alpha value is -0.214. The van der Waals surface area contributed by atoms with E-state index in [1.54, 1.807) is 6.07 Å². The third kappa shape index (κ3) is 4.87. The van der Waals surface area contributed by atoms with Gasteiger partial charge in [-0.05, 0) is 24.5 Å². The summed E-state index contributed by atoms with van der Waals surface area (Å²) in [6, 6.07) is 7.61. The molecule has 0 fully saturated rings. The molecule has 76 valence electrons. The van der Waals surface area contributed by atoms with Crippen LogP contribution in [-0.2, 0) is 6.42 Å². The summed E-state index contributed by atoms with van der Waals surface area (Å²) in [4.78, 5) is 0. The first-order chi connectivity index (χ1) is 6.34. The van der Waals surface area contributed by atoms with Gasteiger partial charge in [0.05, 0.1) is 0 Å². The van der Waals surface area contributed by atoms with Crippen molar-refractivity contribution in [2.45, 2.75) is 39.0 Å². The molecule has 14 heavy (non-hydrogen) atoms. The molecule has 0 aliphatic carbocycles. The molecule has 0 aliphatic rings. The van der Waals surface area contributed by atoms with Crippen molar-refractivity contribution in [1.29, 1.82) is 0 Å². The SMILES string of the molecule is CCCCCCc1ccccc1O.[H-].[H-].[Mg+2]. The fourth-order valence-electron chi connectivity index (χ4n) is 1.46. The third-order valence-corrected chi connectivity index (χ3v) is 2.29. The van der Waals surface area contributed by atoms with Crippen molar-refractivity contribution < 1.29 is 7.96 Å². The van der Waals surface area contributed by atoms with Gasteiger partial charge in [0.1, 0.15) is 5.75 Å². The minimum atomic E-state index is 0. The zero-order valence-corrected chi connectivity index (χ0v) is 10.4. The summed E-state index contributed by atoms with van der Waals surface area (Å²) in [5.41, 5.74) is 1.08. The number of hydrogen-bond acceptors (Lipinski definition) is 1. The zero-order chi connectivity index (χ0) is 9.52. The van der Waals surface area contributed by atoms with Gasteiger partial charge in [0, 0.05) is 0 Å². The molecule has 0 amide bonds. The Morgan fingerprint density at radius 3 is 2.50 bits per heavy atom. The van der Waals surface area contributed by atoms with Gasteiger partial charge in [-0.1, -0.05) is 44.4 Å². The van der Waals surface area contributed by atoms with Crippen LogP contribution in [0.2, 0.25) is 0 Å². The molecule has 2 heteroatoms. The quantitative estimate of drug-likeness (QED) is 0.576. The molecule has 0 spiro atoms. The molecule has 0 bridgehead atoms. The van der Waals surface area contributed by atoms with Gasteiger partial charge in [-0.25, -0.2) is 0 Å². The van der Waals surface area contributed by atoms with Gasteiger partial charge < -0.3 is 7.96 Å². The molecule has 0 radical (unpaired) electrons. The number of phenols is 1. The standard InChI is InChI=1S/C12H18O.Mg.2H/c1-2-3-4-5-8-11-9-6-7-10-12(11)13;;;/h6-7,9-10,13H,2-5,8H2,1H3;;;/q;+2;2*-1. The number of para-hydroxylation sites is 1. The van der Waals surface area contributed by atoms with Gasteiger partial charge >= 0.3 is 23.1 Å². The van der Waals surface area contributed by atoms with Crippen LogP contribution in [0.4, 0.5) is 0 Å². The van der Waals surface area contributed by atoms with Gasteiger partial charge in [0.2, 0.25) is 0 Å². The van der Waals surface area contributed by atoms with Crippen molar-refractivity contribution in [1.82, 2.24) is 0 Å². The Bertz CT molecular complexity index is 257. The van der Waals surface area contributed by atoms with Crippen molar-refractivity contribution in [3.8, 4) is 5.75 Å². The second kappa shape index (κ2) is 8.12. The smallest absolute Gasteiger partial charge is 1.00 e. The van der Waals surface area contributed by atoms with E-state index in [0.717, 1.165) is 12.0 Å². The molecule has 0 atom stereocenters. The molecular weight excluding hydrogens is 184 g/mol. The molecular formula is C12H20MgO. The summed E-state index contributed by atoms with van der Waals surface area (Å²) in [6.07, 6.45) is 6.03. The average molecular weight is 205 g/mol. The Labute approximate surface area is 106 Å². The van der Waals surface area contributed by atoms with Crippen molar-refractivity contribution >= 4 is 23.1 Å². The van der Waals surface area contributed by atoms with E-state index < -0.39 is 0 Å². The van der Waals surface area contributed by atoms with Crippen LogP contribution in [0.1, 0.15) is 41.0 Å². The molecule has 1 aromatic rings. The van der Waals surface area contributed by atoms with E-state index in [0.29, 0.717) is 5.75 Å². The fraction of sp³-hybridized carbons (Fsp3) is 0.500. The summed E-state index contributed by atoms with van der Waals surface area (Å²) in [5, 5.41) is 9.47. The zero-order valence-electron chi connectivity index (χ0n) is 11.0. The molecule has 0 aromatic heterocycles. The van der Waals surface area contributed by atoms with Crippen LogP contribution in [0.15, 0.2) is 24.3 Å². The first-order valence-corrected chi connectivity index (χ1v) is 5.11. The van der Waals surface area contributed by atoms with Crippen molar-refractivity contribution in [3.63, 3.8) is 0 Å². The molecule has 0 heterocycles. The van der Waals surface area contributed by atoms with E-state index in [4.69, 9.17) is 0 Å². The van der Waals surface area contributed by atoms with Crippen LogP contribution >= 0.6 is 0 Å². The van der Waals surface area contributed by atoms with Crippen molar-refractivity contribution in [2.24, 2.45) is 0 Å². The summed E-state index contributed by atoms with van der Waals surface area (Å²) in [7, 11) is 0. The van der Waals surface area contributed by atoms with Gasteiger partial charge in [0.15, 0.2) is 0 Å². The summed E-state index contributed by atoms with van der Waals surface area (Å²) >= 11 is 0. The van der Waals surface area contributed by atoms with Crippen LogP contribution in [0, 0.1) is 0 Å². The predicted molar refractivity (Wildman–Crippen MR) is 63.9 cm³/mol. The van der Waals surface area contributed by atoms with E-state index in [9.17, 15) is 5.11 Å². The molecule has 0 saturated carbocycles. The van der Waals surface area contributed by atoms with Crippen LogP contribution in [0.25, 0.3) is 0 Å². The number of aryl methyl sites for hydroxylation is 1. The number of unbranched alkanes of at least 4 members (excludes halogenated alkanes) is 3. The maximum Gasteiger partial charge on any atom is 2.00 e. The third-order valence-electron chi connectivity index (χ3n) is 2.29. The number of rotatable bonds is 5. The maximum absolute atomic E-state index is 9.47. The molecule has 1 N–H and O–H groups in total. The molecule has 0 saturated heterocycles. The largest absolute Gasteiger partial charge is 2.00 e. The van der Waals surface area contributed by atoms with E-state index in [-0.39, 0.29) is 25.9 Å². The Balaban J connectivity index is -0.000000563. The van der Waals surface area contributed by atoms with E-state index in [2.05, 4.69) is 6.92 Å². The van der Waals surface area contributed by atoms with E-state index in [1.807, 2.05) is 18.2 Å². The monoisotopic (exact) mass is 204 g/mol. The number of benzene rings is 1. The normalized spacial score (nSPS) is 9.50. The van der Waals surface area contributed by atoms with Crippen LogP contribution in [0.3, 0.4) is 0 Å². The minimum Gasteiger partial charge on any atom is -1.00 e. The van der Waals surface area contributed by atoms with Crippen molar-refractivity contribution in [2.75, 3.05) is 0 Å². The van der Waals surface area contributed by atoms with Gasteiger partial charge in [-0.2, -0.15) is 0 Å². The fourth-order valence-corrected chi connectivity index (χ4v) is 1.46. The summed E-state index contributed by atoms with van der Waals surface area (Å²) in [5.74, 6) is 0.444. The molecule has 0 unspecified atom stereocenters. The number of phenolic OH excluding ortho intramolecular Hbond substituents is 1. The first-order valence-electron chi connectivity index (χ1n) is 5.11. The Morgan fingerprint density at radius 2 is 1.86 bits per heavy atom. The molecule has 1 aromatic carbocycles. The second-order valence-corrected chi connectivity index (χ2v) is 3.44. The first kappa shape index (κ1) is 13.8. The predicted octanol–water partition coefficient (Wildman–Crippen LogP) is 3.36. The summed E-state index contributed by atoms with van der Waals surface area (Å²) < 4.78 is 0. The molecule has 1 rings (SSSR count). The topological polar surface area (TPSA) is 20.2 Å². The molecule has 0 aliphatic heterocycles. The summed E-state index contributed by atoms with van der Waals surface area (Å²) in [6.45, 7) is 2.21. The second-order valence-electron chi connectivity index (χ2n) is 3.44. The van der Waals surface area contributed by atoms with Crippen LogP contribution in [0.5, 0.6) is 5.75 Å². The van der Waals surface area contributed by atoms with Gasteiger partial charge in [-0.3, -0.25) is 0 Å². The van der Waals surface area contributed by atoms with Gasteiger partial charge in [0.25, 0.3) is 0 Å². The van der Waals surface area contributed by atoms with E-state index in [1.165, 1.54) is 25.7 Å². The number of aromatic hydroxyl groups is 1.